The minimum absolute atomic E-state index is 0.144. The molecule has 0 aliphatic carbocycles. The normalized spacial score (nSPS) is 11.9. The summed E-state index contributed by atoms with van der Waals surface area (Å²) >= 11 is 0. The van der Waals surface area contributed by atoms with Crippen LogP contribution in [0.3, 0.4) is 0 Å². The van der Waals surface area contributed by atoms with E-state index >= 15 is 0 Å². The first-order valence-electron chi connectivity index (χ1n) is 9.03. The van der Waals surface area contributed by atoms with Gasteiger partial charge in [0.05, 0.1) is 27.4 Å². The number of methoxy groups -OCH3 is 3. The molecule has 1 amide bonds. The van der Waals surface area contributed by atoms with Gasteiger partial charge in [-0.25, -0.2) is 0 Å². The SMILES string of the molecule is COc1ccc(C(=O)N[C@@H](C)c2cc(C(C)C)c(OC)cc2C)cc1OC. The summed E-state index contributed by atoms with van der Waals surface area (Å²) < 4.78 is 16.0. The minimum Gasteiger partial charge on any atom is -0.496 e. The van der Waals surface area contributed by atoms with E-state index in [-0.39, 0.29) is 11.9 Å². The molecule has 0 aliphatic rings. The summed E-state index contributed by atoms with van der Waals surface area (Å²) in [6, 6.07) is 9.15. The van der Waals surface area contributed by atoms with Crippen LogP contribution in [0.1, 0.15) is 59.8 Å². The van der Waals surface area contributed by atoms with Gasteiger partial charge in [-0.3, -0.25) is 4.79 Å². The molecule has 0 aromatic heterocycles. The number of ether oxygens (including phenoxy) is 3. The van der Waals surface area contributed by atoms with Gasteiger partial charge in [0.1, 0.15) is 5.75 Å². The van der Waals surface area contributed by atoms with Crippen molar-refractivity contribution in [3.8, 4) is 17.2 Å². The van der Waals surface area contributed by atoms with E-state index in [0.717, 1.165) is 22.4 Å². The average Bonchev–Trinajstić information content (AvgIpc) is 2.66. The van der Waals surface area contributed by atoms with Crippen LogP contribution in [-0.2, 0) is 0 Å². The zero-order chi connectivity index (χ0) is 20.1. The zero-order valence-electron chi connectivity index (χ0n) is 17.2. The average molecular weight is 371 g/mol. The van der Waals surface area contributed by atoms with Crippen molar-refractivity contribution in [2.75, 3.05) is 21.3 Å². The third kappa shape index (κ3) is 4.54. The van der Waals surface area contributed by atoms with Crippen LogP contribution < -0.4 is 19.5 Å². The Morgan fingerprint density at radius 1 is 0.852 bits per heavy atom. The van der Waals surface area contributed by atoms with Crippen molar-refractivity contribution in [3.05, 3.63) is 52.6 Å². The van der Waals surface area contributed by atoms with E-state index in [0.29, 0.717) is 23.0 Å². The van der Waals surface area contributed by atoms with Crippen LogP contribution in [0.2, 0.25) is 0 Å². The Bertz CT molecular complexity index is 814. The van der Waals surface area contributed by atoms with E-state index in [2.05, 4.69) is 25.2 Å². The number of amides is 1. The van der Waals surface area contributed by atoms with Crippen molar-refractivity contribution in [2.24, 2.45) is 0 Å². The molecule has 5 heteroatoms. The van der Waals surface area contributed by atoms with Crippen LogP contribution in [0.4, 0.5) is 0 Å². The van der Waals surface area contributed by atoms with Crippen LogP contribution in [0.25, 0.3) is 0 Å². The van der Waals surface area contributed by atoms with Crippen molar-refractivity contribution in [1.82, 2.24) is 5.32 Å². The van der Waals surface area contributed by atoms with Crippen LogP contribution >= 0.6 is 0 Å². The lowest BCUT2D eigenvalue weighted by Gasteiger charge is -2.21. The number of carbonyl (C=O) groups excluding carboxylic acids is 1. The fraction of sp³-hybridized carbons (Fsp3) is 0.409. The summed E-state index contributed by atoms with van der Waals surface area (Å²) in [5.74, 6) is 2.16. The second-order valence-corrected chi connectivity index (χ2v) is 6.87. The molecule has 0 bridgehead atoms. The van der Waals surface area contributed by atoms with Crippen molar-refractivity contribution in [1.29, 1.82) is 0 Å². The molecule has 0 fully saturated rings. The zero-order valence-corrected chi connectivity index (χ0v) is 17.2. The molecule has 5 nitrogen and oxygen atoms in total. The van der Waals surface area contributed by atoms with E-state index in [4.69, 9.17) is 14.2 Å². The molecule has 146 valence electrons. The highest BCUT2D eigenvalue weighted by Crippen LogP contribution is 2.32. The van der Waals surface area contributed by atoms with Gasteiger partial charge >= 0.3 is 0 Å². The first kappa shape index (κ1) is 20.6. The van der Waals surface area contributed by atoms with Gasteiger partial charge in [0.25, 0.3) is 5.91 Å². The highest BCUT2D eigenvalue weighted by atomic mass is 16.5. The Balaban J connectivity index is 2.28. The van der Waals surface area contributed by atoms with E-state index in [1.807, 2.05) is 19.9 Å². The van der Waals surface area contributed by atoms with E-state index in [9.17, 15) is 4.79 Å². The lowest BCUT2D eigenvalue weighted by Crippen LogP contribution is -2.27. The molecule has 1 atom stereocenters. The molecule has 2 rings (SSSR count). The van der Waals surface area contributed by atoms with Crippen molar-refractivity contribution in [3.63, 3.8) is 0 Å². The predicted molar refractivity (Wildman–Crippen MR) is 107 cm³/mol. The molecule has 0 aliphatic heterocycles. The summed E-state index contributed by atoms with van der Waals surface area (Å²) in [5, 5.41) is 3.07. The predicted octanol–water partition coefficient (Wildman–Crippen LogP) is 4.64. The van der Waals surface area contributed by atoms with E-state index in [1.165, 1.54) is 0 Å². The number of hydrogen-bond donors (Lipinski definition) is 1. The van der Waals surface area contributed by atoms with Gasteiger partial charge in [-0.1, -0.05) is 13.8 Å². The van der Waals surface area contributed by atoms with Gasteiger partial charge in [0.2, 0.25) is 0 Å². The maximum Gasteiger partial charge on any atom is 0.251 e. The number of nitrogens with one attached hydrogen (secondary N) is 1. The minimum atomic E-state index is -0.162. The maximum absolute atomic E-state index is 12.7. The molecule has 2 aromatic rings. The lowest BCUT2D eigenvalue weighted by atomic mass is 9.93. The largest absolute Gasteiger partial charge is 0.496 e. The highest BCUT2D eigenvalue weighted by molar-refractivity contribution is 5.95. The van der Waals surface area contributed by atoms with Gasteiger partial charge in [-0.2, -0.15) is 0 Å². The molecule has 0 saturated carbocycles. The Morgan fingerprint density at radius 2 is 1.48 bits per heavy atom. The number of benzene rings is 2. The molecule has 0 unspecified atom stereocenters. The number of hydrogen-bond acceptors (Lipinski definition) is 4. The summed E-state index contributed by atoms with van der Waals surface area (Å²) in [5.41, 5.74) is 3.81. The highest BCUT2D eigenvalue weighted by Gasteiger charge is 2.18. The van der Waals surface area contributed by atoms with Crippen LogP contribution in [0, 0.1) is 6.92 Å². The second-order valence-electron chi connectivity index (χ2n) is 6.87. The molecule has 0 heterocycles. The molecule has 0 radical (unpaired) electrons. The maximum atomic E-state index is 12.7. The van der Waals surface area contributed by atoms with E-state index < -0.39 is 0 Å². The Labute approximate surface area is 161 Å². The van der Waals surface area contributed by atoms with Gasteiger partial charge in [0, 0.05) is 5.56 Å². The molecule has 27 heavy (non-hydrogen) atoms. The Morgan fingerprint density at radius 3 is 2.04 bits per heavy atom. The van der Waals surface area contributed by atoms with Gasteiger partial charge < -0.3 is 19.5 Å². The molecule has 1 N–H and O–H groups in total. The van der Waals surface area contributed by atoms with Gasteiger partial charge in [-0.05, 0) is 66.8 Å². The van der Waals surface area contributed by atoms with Gasteiger partial charge in [-0.15, -0.1) is 0 Å². The van der Waals surface area contributed by atoms with Crippen LogP contribution in [-0.4, -0.2) is 27.2 Å². The number of carbonyl (C=O) groups is 1. The molecule has 0 saturated heterocycles. The third-order valence-electron chi connectivity index (χ3n) is 4.70. The first-order valence-corrected chi connectivity index (χ1v) is 9.03. The van der Waals surface area contributed by atoms with Crippen molar-refractivity contribution >= 4 is 5.91 Å². The summed E-state index contributed by atoms with van der Waals surface area (Å²) in [6.07, 6.45) is 0. The Hall–Kier alpha value is -2.69. The molecular formula is C22H29NO4. The molecular weight excluding hydrogens is 342 g/mol. The molecule has 2 aromatic carbocycles. The summed E-state index contributed by atoms with van der Waals surface area (Å²) in [7, 11) is 4.80. The van der Waals surface area contributed by atoms with Gasteiger partial charge in [0.15, 0.2) is 11.5 Å². The monoisotopic (exact) mass is 371 g/mol. The smallest absolute Gasteiger partial charge is 0.251 e. The summed E-state index contributed by atoms with van der Waals surface area (Å²) in [6.45, 7) is 8.27. The van der Waals surface area contributed by atoms with Crippen LogP contribution in [0.5, 0.6) is 17.2 Å². The second kappa shape index (κ2) is 8.80. The standard InChI is InChI=1S/C22H29NO4/c1-13(2)17-12-18(14(3)10-20(17)26-6)15(4)23-22(24)16-8-9-19(25-5)21(11-16)27-7/h8-13,15H,1-7H3,(H,23,24)/t15-/m0/s1. The fourth-order valence-corrected chi connectivity index (χ4v) is 3.15. The van der Waals surface area contributed by atoms with E-state index in [1.54, 1.807) is 39.5 Å². The first-order chi connectivity index (χ1) is 12.8. The van der Waals surface area contributed by atoms with Crippen molar-refractivity contribution in [2.45, 2.75) is 39.7 Å². The number of aryl methyl sites for hydroxylation is 1. The quantitative estimate of drug-likeness (QED) is 0.771. The topological polar surface area (TPSA) is 56.8 Å². The number of rotatable bonds is 7. The third-order valence-corrected chi connectivity index (χ3v) is 4.70. The molecule has 0 spiro atoms. The fourth-order valence-electron chi connectivity index (χ4n) is 3.15. The Kier molecular flexibility index (Phi) is 6.72. The van der Waals surface area contributed by atoms with Crippen molar-refractivity contribution < 1.29 is 19.0 Å². The van der Waals surface area contributed by atoms with Crippen LogP contribution in [0.15, 0.2) is 30.3 Å². The lowest BCUT2D eigenvalue weighted by molar-refractivity contribution is 0.0939. The summed E-state index contributed by atoms with van der Waals surface area (Å²) in [4.78, 5) is 12.7.